The largest absolute Gasteiger partial charge is 0.412 e. The van der Waals surface area contributed by atoms with E-state index >= 15 is 0 Å². The smallest absolute Gasteiger partial charge is 0.192 e. The molecule has 1 N–H and O–H groups in total. The average Bonchev–Trinajstić information content (AvgIpc) is 2.31. The maximum Gasteiger partial charge on any atom is 0.192 e. The lowest BCUT2D eigenvalue weighted by molar-refractivity contribution is 0.0727. The molecule has 0 atom stereocenters. The van der Waals surface area contributed by atoms with Gasteiger partial charge >= 0.3 is 0 Å². The summed E-state index contributed by atoms with van der Waals surface area (Å²) in [5.74, 6) is 5.15. The van der Waals surface area contributed by atoms with Gasteiger partial charge in [-0.15, -0.1) is 24.7 Å². The van der Waals surface area contributed by atoms with E-state index in [0.29, 0.717) is 12.8 Å². The van der Waals surface area contributed by atoms with E-state index in [-0.39, 0.29) is 10.6 Å². The topological polar surface area (TPSA) is 29.5 Å². The van der Waals surface area contributed by atoms with Crippen molar-refractivity contribution in [1.29, 1.82) is 0 Å². The van der Waals surface area contributed by atoms with Crippen molar-refractivity contribution < 1.29 is 9.53 Å². The van der Waals surface area contributed by atoms with E-state index in [2.05, 4.69) is 59.6 Å². The fraction of sp³-hybridized carbons (Fsp3) is 0.800. The van der Waals surface area contributed by atoms with Crippen LogP contribution in [0.2, 0.25) is 18.1 Å². The zero-order valence-corrected chi connectivity index (χ0v) is 17.8. The van der Waals surface area contributed by atoms with E-state index in [1.807, 2.05) is 0 Å². The Morgan fingerprint density at radius 3 is 1.52 bits per heavy atom. The number of rotatable bonds is 6. The molecule has 0 aromatic rings. The summed E-state index contributed by atoms with van der Waals surface area (Å²) in [6.45, 7) is 19.1. The second-order valence-corrected chi connectivity index (χ2v) is 13.6. The Labute approximate surface area is 146 Å². The monoisotopic (exact) mass is 338 g/mol. The normalized spacial score (nSPS) is 12.7. The highest BCUT2D eigenvalue weighted by Gasteiger charge is 2.41. The van der Waals surface area contributed by atoms with Crippen LogP contribution >= 0.6 is 0 Å². The summed E-state index contributed by atoms with van der Waals surface area (Å²) in [6.07, 6.45) is 13.3. The maximum atomic E-state index is 9.05. The zero-order valence-electron chi connectivity index (χ0n) is 16.8. The van der Waals surface area contributed by atoms with Gasteiger partial charge in [-0.2, -0.15) is 0 Å². The first-order valence-corrected chi connectivity index (χ1v) is 11.3. The Morgan fingerprint density at radius 2 is 1.26 bits per heavy atom. The number of terminal acetylenes is 2. The SMILES string of the molecule is C#CCCC(C)(C)O.C#CCCC(C)(C)O[Si](C)(C)C(C)(C)C. The highest BCUT2D eigenvalue weighted by molar-refractivity contribution is 6.74. The van der Waals surface area contributed by atoms with Crippen LogP contribution in [0.15, 0.2) is 0 Å². The fourth-order valence-corrected chi connectivity index (χ4v) is 3.44. The van der Waals surface area contributed by atoms with Crippen LogP contribution in [-0.2, 0) is 4.43 Å². The molecule has 0 aliphatic heterocycles. The summed E-state index contributed by atoms with van der Waals surface area (Å²) < 4.78 is 6.34. The van der Waals surface area contributed by atoms with Gasteiger partial charge in [0.25, 0.3) is 0 Å². The summed E-state index contributed by atoms with van der Waals surface area (Å²) >= 11 is 0. The molecule has 0 aromatic carbocycles. The molecule has 0 fully saturated rings. The molecule has 3 heteroatoms. The van der Waals surface area contributed by atoms with Crippen LogP contribution in [0.4, 0.5) is 0 Å². The molecule has 0 radical (unpaired) electrons. The van der Waals surface area contributed by atoms with Crippen LogP contribution in [0.5, 0.6) is 0 Å². The third-order valence-electron chi connectivity index (χ3n) is 4.09. The molecule has 0 saturated heterocycles. The molecule has 2 nitrogen and oxygen atoms in total. The molecule has 23 heavy (non-hydrogen) atoms. The van der Waals surface area contributed by atoms with Gasteiger partial charge < -0.3 is 9.53 Å². The van der Waals surface area contributed by atoms with Crippen molar-refractivity contribution in [3.05, 3.63) is 0 Å². The molecule has 0 bridgehead atoms. The quantitative estimate of drug-likeness (QED) is 0.521. The predicted molar refractivity (Wildman–Crippen MR) is 105 cm³/mol. The van der Waals surface area contributed by atoms with Gasteiger partial charge in [-0.3, -0.25) is 0 Å². The van der Waals surface area contributed by atoms with Gasteiger partial charge in [0.1, 0.15) is 0 Å². The minimum atomic E-state index is -1.66. The van der Waals surface area contributed by atoms with Crippen LogP contribution in [-0.4, -0.2) is 24.6 Å². The van der Waals surface area contributed by atoms with Gasteiger partial charge in [0, 0.05) is 12.8 Å². The number of hydrogen-bond donors (Lipinski definition) is 1. The lowest BCUT2D eigenvalue weighted by Gasteiger charge is -2.42. The van der Waals surface area contributed by atoms with Crippen LogP contribution in [0.3, 0.4) is 0 Å². The average molecular weight is 339 g/mol. The van der Waals surface area contributed by atoms with E-state index in [0.717, 1.165) is 12.8 Å². The van der Waals surface area contributed by atoms with E-state index in [9.17, 15) is 0 Å². The molecule has 0 unspecified atom stereocenters. The lowest BCUT2D eigenvalue weighted by Crippen LogP contribution is -2.47. The molecule has 0 amide bonds. The van der Waals surface area contributed by atoms with Crippen molar-refractivity contribution in [3.63, 3.8) is 0 Å². The minimum Gasteiger partial charge on any atom is -0.412 e. The Kier molecular flexibility index (Phi) is 10.2. The van der Waals surface area contributed by atoms with Crippen molar-refractivity contribution in [2.75, 3.05) is 0 Å². The summed E-state index contributed by atoms with van der Waals surface area (Å²) in [6, 6.07) is 0. The molecular weight excluding hydrogens is 300 g/mol. The highest BCUT2D eigenvalue weighted by atomic mass is 28.4. The minimum absolute atomic E-state index is 0.0879. The molecule has 0 spiro atoms. The van der Waals surface area contributed by atoms with Gasteiger partial charge in [0.05, 0.1) is 11.2 Å². The standard InChI is InChI=1S/C13H26OSi.C7H12O/c1-9-10-11-13(5,6)14-15(7,8)12(2,3)4;1-4-5-6-7(2,3)8/h1H,10-11H2,2-8H3;1,8H,5-6H2,2-3H3. The second-order valence-electron chi connectivity index (χ2n) is 8.84. The van der Waals surface area contributed by atoms with E-state index < -0.39 is 13.9 Å². The maximum absolute atomic E-state index is 9.05. The van der Waals surface area contributed by atoms with Crippen LogP contribution in [0.1, 0.15) is 74.1 Å². The Bertz CT molecular complexity index is 409. The molecule has 0 rings (SSSR count). The Balaban J connectivity index is 0. The highest BCUT2D eigenvalue weighted by Crippen LogP contribution is 2.39. The molecule has 0 saturated carbocycles. The summed E-state index contributed by atoms with van der Waals surface area (Å²) in [4.78, 5) is 0. The van der Waals surface area contributed by atoms with Crippen molar-refractivity contribution >= 4 is 8.32 Å². The molecule has 134 valence electrons. The lowest BCUT2D eigenvalue weighted by atomic mass is 10.0. The second kappa shape index (κ2) is 9.53. The Hall–Kier alpha value is -0.743. The first kappa shape index (κ1) is 24.5. The van der Waals surface area contributed by atoms with E-state index in [4.69, 9.17) is 22.4 Å². The first-order valence-electron chi connectivity index (χ1n) is 8.37. The third-order valence-corrected chi connectivity index (χ3v) is 8.77. The van der Waals surface area contributed by atoms with Crippen molar-refractivity contribution in [2.24, 2.45) is 0 Å². The first-order chi connectivity index (χ1) is 10.1. The molecule has 0 aromatic heterocycles. The van der Waals surface area contributed by atoms with Crippen LogP contribution < -0.4 is 0 Å². The van der Waals surface area contributed by atoms with Gasteiger partial charge in [-0.1, -0.05) is 20.8 Å². The Morgan fingerprint density at radius 1 is 0.870 bits per heavy atom. The van der Waals surface area contributed by atoms with E-state index in [1.165, 1.54) is 0 Å². The molecular formula is C20H38O2Si. The fourth-order valence-electron chi connectivity index (χ4n) is 1.65. The molecule has 0 aliphatic carbocycles. The van der Waals surface area contributed by atoms with Crippen molar-refractivity contribution in [1.82, 2.24) is 0 Å². The molecule has 0 aliphatic rings. The summed E-state index contributed by atoms with van der Waals surface area (Å²) in [5, 5.41) is 9.32. The zero-order chi connectivity index (χ0) is 18.9. The summed E-state index contributed by atoms with van der Waals surface area (Å²) in [5.41, 5.74) is -0.679. The third kappa shape index (κ3) is 13.4. The van der Waals surface area contributed by atoms with Gasteiger partial charge in [0.15, 0.2) is 8.32 Å². The van der Waals surface area contributed by atoms with Crippen LogP contribution in [0.25, 0.3) is 0 Å². The number of aliphatic hydroxyl groups is 1. The van der Waals surface area contributed by atoms with Gasteiger partial charge in [-0.25, -0.2) is 0 Å². The molecule has 0 heterocycles. The van der Waals surface area contributed by atoms with Gasteiger partial charge in [-0.05, 0) is 58.7 Å². The van der Waals surface area contributed by atoms with Crippen LogP contribution in [0, 0.1) is 24.7 Å². The predicted octanol–water partition coefficient (Wildman–Crippen LogP) is 5.37. The summed E-state index contributed by atoms with van der Waals surface area (Å²) in [7, 11) is -1.66. The number of hydrogen-bond acceptors (Lipinski definition) is 2. The van der Waals surface area contributed by atoms with Crippen molar-refractivity contribution in [2.45, 2.75) is 103 Å². The van der Waals surface area contributed by atoms with E-state index in [1.54, 1.807) is 13.8 Å². The van der Waals surface area contributed by atoms with Gasteiger partial charge in [0.2, 0.25) is 0 Å². The van der Waals surface area contributed by atoms with Crippen molar-refractivity contribution in [3.8, 4) is 24.7 Å².